The Labute approximate surface area is 89.9 Å². The van der Waals surface area contributed by atoms with Gasteiger partial charge in [0.05, 0.1) is 0 Å². The molecule has 0 bridgehead atoms. The van der Waals surface area contributed by atoms with Crippen molar-refractivity contribution in [1.29, 1.82) is 0 Å². The summed E-state index contributed by atoms with van der Waals surface area (Å²) in [6, 6.07) is 5.93. The van der Waals surface area contributed by atoms with Gasteiger partial charge >= 0.3 is 0 Å². The molecular formula is C10H16N2OS. The van der Waals surface area contributed by atoms with Crippen LogP contribution in [0.5, 0.6) is 0 Å². The topological polar surface area (TPSA) is 44.3 Å². The number of hydrogen-bond acceptors (Lipinski definition) is 4. The highest BCUT2D eigenvalue weighted by atomic mass is 32.1. The second kappa shape index (κ2) is 5.78. The number of nitrogens with one attached hydrogen (secondary N) is 2. The van der Waals surface area contributed by atoms with Gasteiger partial charge in [-0.3, -0.25) is 0 Å². The molecule has 0 unspecified atom stereocenters. The molecule has 0 fully saturated rings. The molecule has 0 aromatic heterocycles. The lowest BCUT2D eigenvalue weighted by molar-refractivity contribution is 0.292. The van der Waals surface area contributed by atoms with Gasteiger partial charge in [0.1, 0.15) is 0 Å². The number of rotatable bonds is 5. The van der Waals surface area contributed by atoms with E-state index in [9.17, 15) is 0 Å². The van der Waals surface area contributed by atoms with Crippen LogP contribution >= 0.6 is 12.6 Å². The van der Waals surface area contributed by atoms with Gasteiger partial charge in [0.25, 0.3) is 0 Å². The Morgan fingerprint density at radius 2 is 2.21 bits per heavy atom. The maximum atomic E-state index is 8.62. The van der Waals surface area contributed by atoms with Crippen LogP contribution < -0.4 is 10.6 Å². The summed E-state index contributed by atoms with van der Waals surface area (Å²) in [6.45, 7) is 0.998. The average Bonchev–Trinajstić information content (AvgIpc) is 2.18. The van der Waals surface area contributed by atoms with E-state index >= 15 is 0 Å². The van der Waals surface area contributed by atoms with E-state index in [-0.39, 0.29) is 6.61 Å². The maximum Gasteiger partial charge on any atom is 0.0474 e. The lowest BCUT2D eigenvalue weighted by atomic mass is 10.2. The molecule has 1 aromatic carbocycles. The minimum atomic E-state index is 0.218. The largest absolute Gasteiger partial charge is 0.396 e. The molecule has 3 N–H and O–H groups in total. The third-order valence-electron chi connectivity index (χ3n) is 1.93. The summed E-state index contributed by atoms with van der Waals surface area (Å²) >= 11 is 4.34. The van der Waals surface area contributed by atoms with E-state index in [1.807, 2.05) is 25.2 Å². The maximum absolute atomic E-state index is 8.62. The molecule has 0 aliphatic rings. The van der Waals surface area contributed by atoms with Crippen LogP contribution in [0.3, 0.4) is 0 Å². The molecule has 0 heterocycles. The van der Waals surface area contributed by atoms with Gasteiger partial charge < -0.3 is 15.7 Å². The Balaban J connectivity index is 2.57. The summed E-state index contributed by atoms with van der Waals surface area (Å²) in [4.78, 5) is 0.918. The van der Waals surface area contributed by atoms with Crippen molar-refractivity contribution in [2.24, 2.45) is 0 Å². The predicted molar refractivity (Wildman–Crippen MR) is 63.4 cm³/mol. The molecule has 14 heavy (non-hydrogen) atoms. The standard InChI is InChI=1S/C10H16N2OS/c1-11-9-4-3-8(7-10(9)14)12-5-2-6-13/h3-4,7,11-14H,2,5-6H2,1H3. The van der Waals surface area contributed by atoms with Gasteiger partial charge in [-0.25, -0.2) is 0 Å². The predicted octanol–water partition coefficient (Wildman–Crippen LogP) is 1.81. The number of hydrogen-bond donors (Lipinski definition) is 4. The van der Waals surface area contributed by atoms with E-state index in [0.29, 0.717) is 0 Å². The molecule has 1 rings (SSSR count). The normalized spacial score (nSPS) is 9.93. The van der Waals surface area contributed by atoms with Gasteiger partial charge in [-0.2, -0.15) is 0 Å². The Morgan fingerprint density at radius 3 is 2.79 bits per heavy atom. The molecule has 0 aliphatic carbocycles. The van der Waals surface area contributed by atoms with Crippen LogP contribution in [0, 0.1) is 0 Å². The fraction of sp³-hybridized carbons (Fsp3) is 0.400. The number of thiol groups is 1. The molecule has 4 heteroatoms. The number of aliphatic hydroxyl groups is 1. The van der Waals surface area contributed by atoms with Gasteiger partial charge in [0, 0.05) is 36.5 Å². The van der Waals surface area contributed by atoms with Crippen molar-refractivity contribution < 1.29 is 5.11 Å². The second-order valence-electron chi connectivity index (χ2n) is 2.99. The molecule has 0 saturated carbocycles. The highest BCUT2D eigenvalue weighted by Crippen LogP contribution is 2.23. The van der Waals surface area contributed by atoms with E-state index < -0.39 is 0 Å². The zero-order valence-corrected chi connectivity index (χ0v) is 9.14. The lowest BCUT2D eigenvalue weighted by Gasteiger charge is -2.09. The summed E-state index contributed by atoms with van der Waals surface area (Å²) in [7, 11) is 1.87. The SMILES string of the molecule is CNc1ccc(NCCCO)cc1S. The third kappa shape index (κ3) is 3.12. The van der Waals surface area contributed by atoms with Crippen molar-refractivity contribution in [3.8, 4) is 0 Å². The van der Waals surface area contributed by atoms with Gasteiger partial charge in [-0.05, 0) is 24.6 Å². The van der Waals surface area contributed by atoms with Crippen LogP contribution in [-0.2, 0) is 0 Å². The van der Waals surface area contributed by atoms with Gasteiger partial charge in [0.2, 0.25) is 0 Å². The Kier molecular flexibility index (Phi) is 4.62. The molecule has 0 aliphatic heterocycles. The quantitative estimate of drug-likeness (QED) is 0.444. The van der Waals surface area contributed by atoms with E-state index in [1.165, 1.54) is 0 Å². The highest BCUT2D eigenvalue weighted by Gasteiger charge is 1.97. The summed E-state index contributed by atoms with van der Waals surface area (Å²) in [6.07, 6.45) is 0.760. The van der Waals surface area contributed by atoms with E-state index in [4.69, 9.17) is 5.11 Å². The minimum Gasteiger partial charge on any atom is -0.396 e. The first-order valence-electron chi connectivity index (χ1n) is 4.63. The van der Waals surface area contributed by atoms with Gasteiger partial charge in [-0.15, -0.1) is 12.6 Å². The summed E-state index contributed by atoms with van der Waals surface area (Å²) in [5, 5.41) is 14.9. The van der Waals surface area contributed by atoms with Crippen LogP contribution in [0.15, 0.2) is 23.1 Å². The van der Waals surface area contributed by atoms with Crippen LogP contribution in [0.25, 0.3) is 0 Å². The molecule has 0 atom stereocenters. The second-order valence-corrected chi connectivity index (χ2v) is 3.47. The van der Waals surface area contributed by atoms with Crippen molar-refractivity contribution in [2.75, 3.05) is 30.8 Å². The monoisotopic (exact) mass is 212 g/mol. The van der Waals surface area contributed by atoms with Crippen molar-refractivity contribution in [3.05, 3.63) is 18.2 Å². The summed E-state index contributed by atoms with van der Waals surface area (Å²) in [5.74, 6) is 0. The lowest BCUT2D eigenvalue weighted by Crippen LogP contribution is -2.03. The van der Waals surface area contributed by atoms with Gasteiger partial charge in [-0.1, -0.05) is 0 Å². The van der Waals surface area contributed by atoms with Crippen LogP contribution in [0.2, 0.25) is 0 Å². The molecular weight excluding hydrogens is 196 g/mol. The molecule has 3 nitrogen and oxygen atoms in total. The van der Waals surface area contributed by atoms with Crippen molar-refractivity contribution in [2.45, 2.75) is 11.3 Å². The van der Waals surface area contributed by atoms with Crippen LogP contribution in [0.1, 0.15) is 6.42 Å². The third-order valence-corrected chi connectivity index (χ3v) is 2.30. The first-order valence-corrected chi connectivity index (χ1v) is 5.08. The van der Waals surface area contributed by atoms with Crippen LogP contribution in [0.4, 0.5) is 11.4 Å². The number of benzene rings is 1. The van der Waals surface area contributed by atoms with E-state index in [2.05, 4.69) is 23.3 Å². The fourth-order valence-corrected chi connectivity index (χ4v) is 1.49. The van der Waals surface area contributed by atoms with E-state index in [1.54, 1.807) is 0 Å². The Morgan fingerprint density at radius 1 is 1.43 bits per heavy atom. The van der Waals surface area contributed by atoms with E-state index in [0.717, 1.165) is 29.2 Å². The van der Waals surface area contributed by atoms with Crippen LogP contribution in [-0.4, -0.2) is 25.3 Å². The summed E-state index contributed by atoms with van der Waals surface area (Å²) in [5.41, 5.74) is 2.04. The van der Waals surface area contributed by atoms with Crippen molar-refractivity contribution in [3.63, 3.8) is 0 Å². The van der Waals surface area contributed by atoms with Crippen molar-refractivity contribution >= 4 is 24.0 Å². The highest BCUT2D eigenvalue weighted by molar-refractivity contribution is 7.80. The minimum absolute atomic E-state index is 0.218. The molecule has 0 amide bonds. The number of aliphatic hydroxyl groups excluding tert-OH is 1. The molecule has 0 radical (unpaired) electrons. The Bertz CT molecular complexity index is 291. The number of anilines is 2. The summed E-state index contributed by atoms with van der Waals surface area (Å²) < 4.78 is 0. The molecule has 1 aromatic rings. The first-order chi connectivity index (χ1) is 6.77. The molecule has 78 valence electrons. The molecule has 0 saturated heterocycles. The fourth-order valence-electron chi connectivity index (χ4n) is 1.16. The zero-order chi connectivity index (χ0) is 10.4. The first kappa shape index (κ1) is 11.2. The average molecular weight is 212 g/mol. The van der Waals surface area contributed by atoms with Gasteiger partial charge in [0.15, 0.2) is 0 Å². The smallest absolute Gasteiger partial charge is 0.0474 e. The zero-order valence-electron chi connectivity index (χ0n) is 8.25. The van der Waals surface area contributed by atoms with Crippen molar-refractivity contribution in [1.82, 2.24) is 0 Å². The molecule has 0 spiro atoms. The Hall–Kier alpha value is -0.870.